The fraction of sp³-hybridized carbons (Fsp3) is 0.417. The zero-order valence-corrected chi connectivity index (χ0v) is 9.64. The Kier molecular flexibility index (Phi) is 2.03. The van der Waals surface area contributed by atoms with Gasteiger partial charge in [0.2, 0.25) is 0 Å². The Morgan fingerprint density at radius 3 is 3.00 bits per heavy atom. The minimum absolute atomic E-state index is 0.0405. The van der Waals surface area contributed by atoms with Crippen molar-refractivity contribution in [3.05, 3.63) is 28.8 Å². The Morgan fingerprint density at radius 2 is 2.38 bits per heavy atom. The maximum atomic E-state index is 8.32. The SMILES string of the molecule is N=C(c1cccc(Cl)c1N)C12CNCC1C2. The number of nitrogens with one attached hydrogen (secondary N) is 2. The highest BCUT2D eigenvalue weighted by molar-refractivity contribution is 6.34. The number of rotatable bonds is 2. The van der Waals surface area contributed by atoms with E-state index in [1.807, 2.05) is 12.1 Å². The minimum Gasteiger partial charge on any atom is -0.397 e. The maximum Gasteiger partial charge on any atom is 0.0642 e. The molecule has 2 unspecified atom stereocenters. The minimum atomic E-state index is 0.0405. The third-order valence-corrected chi connectivity index (χ3v) is 4.21. The molecule has 1 aliphatic carbocycles. The highest BCUT2D eigenvalue weighted by atomic mass is 35.5. The first-order chi connectivity index (χ1) is 7.65. The normalized spacial score (nSPS) is 31.2. The second kappa shape index (κ2) is 3.22. The molecule has 84 valence electrons. The van der Waals surface area contributed by atoms with Gasteiger partial charge in [0.25, 0.3) is 0 Å². The molecule has 1 aromatic carbocycles. The van der Waals surface area contributed by atoms with Crippen LogP contribution in [0.25, 0.3) is 0 Å². The van der Waals surface area contributed by atoms with E-state index < -0.39 is 0 Å². The Bertz CT molecular complexity index is 471. The average molecular weight is 236 g/mol. The lowest BCUT2D eigenvalue weighted by Crippen LogP contribution is -2.25. The summed E-state index contributed by atoms with van der Waals surface area (Å²) in [6, 6.07) is 5.52. The molecular weight excluding hydrogens is 222 g/mol. The number of hydrogen-bond donors (Lipinski definition) is 3. The van der Waals surface area contributed by atoms with Crippen LogP contribution in [0.5, 0.6) is 0 Å². The molecule has 4 heteroatoms. The van der Waals surface area contributed by atoms with Gasteiger partial charge in [0, 0.05) is 23.2 Å². The van der Waals surface area contributed by atoms with Gasteiger partial charge in [-0.25, -0.2) is 0 Å². The summed E-state index contributed by atoms with van der Waals surface area (Å²) in [4.78, 5) is 0. The molecular formula is C12H14ClN3. The standard InChI is InChI=1S/C12H14ClN3/c13-9-3-1-2-8(10(9)14)11(15)12-4-7(12)5-16-6-12/h1-3,7,15-16H,4-6,14H2. The second-order valence-corrected chi connectivity index (χ2v) is 5.17. The van der Waals surface area contributed by atoms with Gasteiger partial charge >= 0.3 is 0 Å². The predicted molar refractivity (Wildman–Crippen MR) is 66.1 cm³/mol. The highest BCUT2D eigenvalue weighted by Crippen LogP contribution is 2.57. The molecule has 0 amide bonds. The summed E-state index contributed by atoms with van der Waals surface area (Å²) in [6.45, 7) is 1.94. The zero-order valence-electron chi connectivity index (χ0n) is 8.89. The molecule has 2 atom stereocenters. The molecule has 0 radical (unpaired) electrons. The Hall–Kier alpha value is -1.06. The van der Waals surface area contributed by atoms with Crippen LogP contribution in [0.3, 0.4) is 0 Å². The molecule has 2 fully saturated rings. The summed E-state index contributed by atoms with van der Waals surface area (Å²) in [5.74, 6) is 0.624. The van der Waals surface area contributed by atoms with E-state index >= 15 is 0 Å². The molecule has 3 nitrogen and oxygen atoms in total. The van der Waals surface area contributed by atoms with E-state index in [4.69, 9.17) is 22.7 Å². The first-order valence-corrected chi connectivity index (χ1v) is 5.87. The smallest absolute Gasteiger partial charge is 0.0642 e. The topological polar surface area (TPSA) is 61.9 Å². The van der Waals surface area contributed by atoms with E-state index in [2.05, 4.69) is 5.32 Å². The van der Waals surface area contributed by atoms with Crippen LogP contribution >= 0.6 is 11.6 Å². The second-order valence-electron chi connectivity index (χ2n) is 4.76. The van der Waals surface area contributed by atoms with Crippen molar-refractivity contribution >= 4 is 23.0 Å². The van der Waals surface area contributed by atoms with Gasteiger partial charge in [-0.15, -0.1) is 0 Å². The molecule has 16 heavy (non-hydrogen) atoms. The fourth-order valence-corrected chi connectivity index (χ4v) is 2.93. The van der Waals surface area contributed by atoms with Crippen LogP contribution in [0.2, 0.25) is 5.02 Å². The molecule has 1 heterocycles. The molecule has 1 aliphatic heterocycles. The lowest BCUT2D eigenvalue weighted by molar-refractivity contribution is 0.677. The summed E-state index contributed by atoms with van der Waals surface area (Å²) < 4.78 is 0. The van der Waals surface area contributed by atoms with Crippen LogP contribution < -0.4 is 11.1 Å². The van der Waals surface area contributed by atoms with Gasteiger partial charge in [0.15, 0.2) is 0 Å². The summed E-state index contributed by atoms with van der Waals surface area (Å²) in [6.07, 6.45) is 1.12. The zero-order chi connectivity index (χ0) is 11.3. The first kappa shape index (κ1) is 10.1. The third kappa shape index (κ3) is 1.22. The fourth-order valence-electron chi connectivity index (χ4n) is 2.75. The van der Waals surface area contributed by atoms with Crippen molar-refractivity contribution in [1.82, 2.24) is 5.32 Å². The van der Waals surface area contributed by atoms with Crippen molar-refractivity contribution in [3.8, 4) is 0 Å². The molecule has 0 spiro atoms. The molecule has 2 aliphatic rings. The van der Waals surface area contributed by atoms with E-state index in [0.29, 0.717) is 22.3 Å². The highest BCUT2D eigenvalue weighted by Gasteiger charge is 2.60. The van der Waals surface area contributed by atoms with Crippen molar-refractivity contribution < 1.29 is 0 Å². The van der Waals surface area contributed by atoms with E-state index in [-0.39, 0.29) is 5.41 Å². The van der Waals surface area contributed by atoms with Crippen LogP contribution in [0.1, 0.15) is 12.0 Å². The summed E-state index contributed by atoms with van der Waals surface area (Å²) in [5, 5.41) is 12.2. The van der Waals surface area contributed by atoms with Gasteiger partial charge in [0.1, 0.15) is 0 Å². The number of piperidine rings is 1. The van der Waals surface area contributed by atoms with Gasteiger partial charge in [-0.05, 0) is 24.9 Å². The van der Waals surface area contributed by atoms with Gasteiger partial charge in [-0.1, -0.05) is 23.7 Å². The van der Waals surface area contributed by atoms with Gasteiger partial charge < -0.3 is 16.5 Å². The number of benzene rings is 1. The summed E-state index contributed by atoms with van der Waals surface area (Å²) >= 11 is 5.99. The molecule has 3 rings (SSSR count). The third-order valence-electron chi connectivity index (χ3n) is 3.88. The summed E-state index contributed by atoms with van der Waals surface area (Å²) in [5.41, 5.74) is 7.98. The molecule has 4 N–H and O–H groups in total. The van der Waals surface area contributed by atoms with Crippen molar-refractivity contribution in [2.45, 2.75) is 6.42 Å². The van der Waals surface area contributed by atoms with Crippen molar-refractivity contribution in [2.24, 2.45) is 11.3 Å². The lowest BCUT2D eigenvalue weighted by atomic mass is 9.92. The molecule has 1 aromatic rings. The van der Waals surface area contributed by atoms with Crippen LogP contribution in [-0.4, -0.2) is 18.8 Å². The van der Waals surface area contributed by atoms with Gasteiger partial charge in [0.05, 0.1) is 10.7 Å². The summed E-state index contributed by atoms with van der Waals surface area (Å²) in [7, 11) is 0. The lowest BCUT2D eigenvalue weighted by Gasteiger charge is -2.16. The number of para-hydroxylation sites is 1. The Labute approximate surface area is 99.5 Å². The molecule has 0 aromatic heterocycles. The molecule has 1 saturated heterocycles. The van der Waals surface area contributed by atoms with E-state index in [9.17, 15) is 0 Å². The van der Waals surface area contributed by atoms with Crippen LogP contribution in [0, 0.1) is 16.7 Å². The molecule has 0 bridgehead atoms. The van der Waals surface area contributed by atoms with Gasteiger partial charge in [-0.3, -0.25) is 0 Å². The monoisotopic (exact) mass is 235 g/mol. The largest absolute Gasteiger partial charge is 0.397 e. The number of nitrogens with two attached hydrogens (primary N) is 1. The van der Waals surface area contributed by atoms with Crippen molar-refractivity contribution in [1.29, 1.82) is 5.41 Å². The number of nitrogen functional groups attached to an aromatic ring is 1. The quantitative estimate of drug-likeness (QED) is 0.542. The van der Waals surface area contributed by atoms with Crippen LogP contribution in [0.4, 0.5) is 5.69 Å². The first-order valence-electron chi connectivity index (χ1n) is 5.49. The number of hydrogen-bond acceptors (Lipinski definition) is 3. The van der Waals surface area contributed by atoms with Crippen LogP contribution in [0.15, 0.2) is 18.2 Å². The van der Waals surface area contributed by atoms with Gasteiger partial charge in [-0.2, -0.15) is 0 Å². The van der Waals surface area contributed by atoms with E-state index in [1.165, 1.54) is 0 Å². The number of anilines is 1. The molecule has 1 saturated carbocycles. The Morgan fingerprint density at radius 1 is 1.56 bits per heavy atom. The predicted octanol–water partition coefficient (Wildman–Crippen LogP) is 1.90. The Balaban J connectivity index is 1.99. The number of fused-ring (bicyclic) bond motifs is 1. The average Bonchev–Trinajstić information content (AvgIpc) is 2.85. The number of halogens is 1. The maximum absolute atomic E-state index is 8.32. The van der Waals surface area contributed by atoms with Crippen molar-refractivity contribution in [3.63, 3.8) is 0 Å². The van der Waals surface area contributed by atoms with Crippen LogP contribution in [-0.2, 0) is 0 Å². The van der Waals surface area contributed by atoms with Crippen molar-refractivity contribution in [2.75, 3.05) is 18.8 Å². The van der Waals surface area contributed by atoms with E-state index in [1.54, 1.807) is 6.07 Å². The van der Waals surface area contributed by atoms with E-state index in [0.717, 1.165) is 25.1 Å².